The molecule has 1 aliphatic carbocycles. The van der Waals surface area contributed by atoms with Crippen LogP contribution in [0.2, 0.25) is 0 Å². The van der Waals surface area contributed by atoms with Gasteiger partial charge in [0.25, 0.3) is 0 Å². The highest BCUT2D eigenvalue weighted by atomic mass is 35.5. The summed E-state index contributed by atoms with van der Waals surface area (Å²) in [6.45, 7) is 1.95. The molecule has 0 aromatic heterocycles. The topological polar surface area (TPSA) is 72.5 Å². The molecule has 5 nitrogen and oxygen atoms in total. The van der Waals surface area contributed by atoms with Crippen molar-refractivity contribution in [1.82, 2.24) is 4.72 Å². The predicted octanol–water partition coefficient (Wildman–Crippen LogP) is 1.41. The van der Waals surface area contributed by atoms with Crippen LogP contribution in [0.5, 0.6) is 0 Å². The summed E-state index contributed by atoms with van der Waals surface area (Å²) in [6.07, 6.45) is 3.48. The van der Waals surface area contributed by atoms with Gasteiger partial charge in [0.05, 0.1) is 18.8 Å². The van der Waals surface area contributed by atoms with E-state index in [2.05, 4.69) is 4.72 Å². The molecule has 1 rings (SSSR count). The van der Waals surface area contributed by atoms with Crippen LogP contribution in [0.25, 0.3) is 0 Å². The normalized spacial score (nSPS) is 24.8. The van der Waals surface area contributed by atoms with E-state index >= 15 is 0 Å². The van der Waals surface area contributed by atoms with Gasteiger partial charge >= 0.3 is 5.97 Å². The highest BCUT2D eigenvalue weighted by Crippen LogP contribution is 2.23. The number of rotatable bonds is 6. The van der Waals surface area contributed by atoms with E-state index in [1.807, 2.05) is 0 Å². The SMILES string of the molecule is CCOC(=O)CCS(=O)(=O)NC1CCCCC1Cl. The first kappa shape index (κ1) is 15.7. The average molecular weight is 298 g/mol. The molecular formula is C11H20ClNO4S. The fourth-order valence-electron chi connectivity index (χ4n) is 1.96. The first-order chi connectivity index (χ1) is 8.44. The van der Waals surface area contributed by atoms with Gasteiger partial charge in [0.2, 0.25) is 10.0 Å². The lowest BCUT2D eigenvalue weighted by Gasteiger charge is -2.27. The molecule has 0 bridgehead atoms. The number of hydrogen-bond acceptors (Lipinski definition) is 4. The van der Waals surface area contributed by atoms with Crippen LogP contribution in [0.4, 0.5) is 0 Å². The van der Waals surface area contributed by atoms with Crippen molar-refractivity contribution >= 4 is 27.6 Å². The zero-order valence-electron chi connectivity index (χ0n) is 10.5. The number of carbonyl (C=O) groups excluding carboxylic acids is 1. The van der Waals surface area contributed by atoms with Crippen LogP contribution in [0.1, 0.15) is 39.0 Å². The average Bonchev–Trinajstić information content (AvgIpc) is 2.30. The molecule has 0 aromatic carbocycles. The second-order valence-electron chi connectivity index (χ2n) is 4.40. The lowest BCUT2D eigenvalue weighted by atomic mass is 9.96. The Balaban J connectivity index is 2.41. The number of alkyl halides is 1. The Bertz CT molecular complexity index is 371. The van der Waals surface area contributed by atoms with Gasteiger partial charge in [-0.05, 0) is 19.8 Å². The molecule has 2 atom stereocenters. The van der Waals surface area contributed by atoms with Crippen LogP contribution in [0.3, 0.4) is 0 Å². The van der Waals surface area contributed by atoms with Crippen molar-refractivity contribution in [1.29, 1.82) is 0 Å². The maximum atomic E-state index is 11.8. The quantitative estimate of drug-likeness (QED) is 0.594. The number of nitrogens with one attached hydrogen (secondary N) is 1. The van der Waals surface area contributed by atoms with Crippen molar-refractivity contribution in [2.75, 3.05) is 12.4 Å². The molecule has 0 spiro atoms. The van der Waals surface area contributed by atoms with Gasteiger partial charge in [0.15, 0.2) is 0 Å². The van der Waals surface area contributed by atoms with Gasteiger partial charge in [0, 0.05) is 11.4 Å². The van der Waals surface area contributed by atoms with Gasteiger partial charge in [-0.1, -0.05) is 12.8 Å². The van der Waals surface area contributed by atoms with Gasteiger partial charge in [0.1, 0.15) is 0 Å². The first-order valence-corrected chi connectivity index (χ1v) is 8.33. The van der Waals surface area contributed by atoms with E-state index in [4.69, 9.17) is 16.3 Å². The Morgan fingerprint density at radius 1 is 1.39 bits per heavy atom. The number of carbonyl (C=O) groups is 1. The van der Waals surface area contributed by atoms with Crippen LogP contribution < -0.4 is 4.72 Å². The van der Waals surface area contributed by atoms with E-state index in [1.54, 1.807) is 6.92 Å². The lowest BCUT2D eigenvalue weighted by molar-refractivity contribution is -0.142. The standard InChI is InChI=1S/C11H20ClNO4S/c1-2-17-11(14)7-8-18(15,16)13-10-6-4-3-5-9(10)12/h9-10,13H,2-8H2,1H3. The molecule has 0 heterocycles. The zero-order chi connectivity index (χ0) is 13.6. The molecule has 0 amide bonds. The summed E-state index contributed by atoms with van der Waals surface area (Å²) in [5.41, 5.74) is 0. The first-order valence-electron chi connectivity index (χ1n) is 6.24. The zero-order valence-corrected chi connectivity index (χ0v) is 12.1. The Hall–Kier alpha value is -0.330. The van der Waals surface area contributed by atoms with Crippen molar-refractivity contribution in [3.05, 3.63) is 0 Å². The van der Waals surface area contributed by atoms with Crippen molar-refractivity contribution in [3.8, 4) is 0 Å². The predicted molar refractivity (Wildman–Crippen MR) is 70.1 cm³/mol. The molecule has 1 aliphatic rings. The molecule has 0 aromatic rings. The molecule has 18 heavy (non-hydrogen) atoms. The number of halogens is 1. The molecule has 1 saturated carbocycles. The molecule has 2 unspecified atom stereocenters. The van der Waals surface area contributed by atoms with Gasteiger partial charge in [-0.2, -0.15) is 0 Å². The Labute approximate surface area is 113 Å². The summed E-state index contributed by atoms with van der Waals surface area (Å²) in [7, 11) is -3.46. The van der Waals surface area contributed by atoms with Crippen LogP contribution in [0, 0.1) is 0 Å². The van der Waals surface area contributed by atoms with Gasteiger partial charge in [-0.15, -0.1) is 11.6 Å². The Kier molecular flexibility index (Phi) is 6.38. The van der Waals surface area contributed by atoms with Crippen molar-refractivity contribution in [3.63, 3.8) is 0 Å². The number of hydrogen-bond donors (Lipinski definition) is 1. The van der Waals surface area contributed by atoms with Gasteiger partial charge in [-0.3, -0.25) is 4.79 Å². The van der Waals surface area contributed by atoms with E-state index in [0.29, 0.717) is 0 Å². The second-order valence-corrected chi connectivity index (χ2v) is 6.83. The molecule has 1 N–H and O–H groups in total. The largest absolute Gasteiger partial charge is 0.466 e. The number of sulfonamides is 1. The van der Waals surface area contributed by atoms with E-state index in [-0.39, 0.29) is 30.2 Å². The molecule has 0 saturated heterocycles. The Morgan fingerprint density at radius 3 is 2.67 bits per heavy atom. The van der Waals surface area contributed by atoms with Gasteiger partial charge in [-0.25, -0.2) is 13.1 Å². The fourth-order valence-corrected chi connectivity index (χ4v) is 3.67. The third-order valence-electron chi connectivity index (χ3n) is 2.89. The van der Waals surface area contributed by atoms with E-state index < -0.39 is 16.0 Å². The smallest absolute Gasteiger partial charge is 0.306 e. The van der Waals surface area contributed by atoms with Crippen LogP contribution in [-0.4, -0.2) is 38.2 Å². The maximum absolute atomic E-state index is 11.8. The third-order valence-corrected chi connectivity index (χ3v) is 4.82. The van der Waals surface area contributed by atoms with Crippen LogP contribution >= 0.6 is 11.6 Å². The molecule has 7 heteroatoms. The molecule has 1 fully saturated rings. The summed E-state index contributed by atoms with van der Waals surface area (Å²) in [5.74, 6) is -0.736. The number of esters is 1. The van der Waals surface area contributed by atoms with Crippen molar-refractivity contribution in [2.24, 2.45) is 0 Å². The summed E-state index contributed by atoms with van der Waals surface area (Å²) in [5, 5.41) is -0.156. The summed E-state index contributed by atoms with van der Waals surface area (Å²) in [6, 6.07) is -0.215. The second kappa shape index (κ2) is 7.31. The monoisotopic (exact) mass is 297 g/mol. The van der Waals surface area contributed by atoms with Crippen molar-refractivity contribution < 1.29 is 17.9 Å². The lowest BCUT2D eigenvalue weighted by Crippen LogP contribution is -2.43. The number of ether oxygens (including phenoxy) is 1. The van der Waals surface area contributed by atoms with Crippen LogP contribution in [0.15, 0.2) is 0 Å². The van der Waals surface area contributed by atoms with Gasteiger partial charge < -0.3 is 4.74 Å². The fraction of sp³-hybridized carbons (Fsp3) is 0.909. The summed E-state index contributed by atoms with van der Waals surface area (Å²) < 4.78 is 30.8. The minimum atomic E-state index is -3.46. The van der Waals surface area contributed by atoms with E-state index in [0.717, 1.165) is 25.7 Å². The van der Waals surface area contributed by atoms with E-state index in [1.165, 1.54) is 0 Å². The van der Waals surface area contributed by atoms with E-state index in [9.17, 15) is 13.2 Å². The molecular weight excluding hydrogens is 278 g/mol. The maximum Gasteiger partial charge on any atom is 0.306 e. The Morgan fingerprint density at radius 2 is 2.06 bits per heavy atom. The van der Waals surface area contributed by atoms with Crippen LogP contribution in [-0.2, 0) is 19.6 Å². The minimum absolute atomic E-state index is 0.122. The summed E-state index contributed by atoms with van der Waals surface area (Å²) >= 11 is 6.08. The molecule has 0 aliphatic heterocycles. The summed E-state index contributed by atoms with van der Waals surface area (Å²) in [4.78, 5) is 11.1. The third kappa shape index (κ3) is 5.54. The molecule has 106 valence electrons. The molecule has 0 radical (unpaired) electrons. The minimum Gasteiger partial charge on any atom is -0.466 e. The highest BCUT2D eigenvalue weighted by Gasteiger charge is 2.27. The highest BCUT2D eigenvalue weighted by molar-refractivity contribution is 7.89. The van der Waals surface area contributed by atoms with Crippen molar-refractivity contribution in [2.45, 2.75) is 50.4 Å².